The van der Waals surface area contributed by atoms with Crippen LogP contribution in [0.2, 0.25) is 15.1 Å². The van der Waals surface area contributed by atoms with E-state index >= 15 is 0 Å². The highest BCUT2D eigenvalue weighted by molar-refractivity contribution is 7.92. The minimum absolute atomic E-state index is 0.0209. The lowest BCUT2D eigenvalue weighted by molar-refractivity contribution is -0.140. The van der Waals surface area contributed by atoms with Gasteiger partial charge in [-0.05, 0) is 56.2 Å². The largest absolute Gasteiger partial charge is 0.354 e. The molecule has 0 aromatic heterocycles. The van der Waals surface area contributed by atoms with E-state index in [-0.39, 0.29) is 37.7 Å². The molecule has 1 atom stereocenters. The van der Waals surface area contributed by atoms with Crippen molar-refractivity contribution in [1.82, 2.24) is 10.2 Å². The van der Waals surface area contributed by atoms with Gasteiger partial charge in [0.05, 0.1) is 11.9 Å². The lowest BCUT2D eigenvalue weighted by atomic mass is 10.1. The Labute approximate surface area is 222 Å². The van der Waals surface area contributed by atoms with Crippen LogP contribution in [0, 0.1) is 0 Å². The number of anilines is 1. The van der Waals surface area contributed by atoms with Crippen molar-refractivity contribution in [3.8, 4) is 0 Å². The number of hydrogen-bond acceptors (Lipinski definition) is 4. The molecule has 0 bridgehead atoms. The smallest absolute Gasteiger partial charge is 0.242 e. The molecule has 0 fully saturated rings. The molecule has 0 unspecified atom stereocenters. The summed E-state index contributed by atoms with van der Waals surface area (Å²) in [5.74, 6) is -0.605. The summed E-state index contributed by atoms with van der Waals surface area (Å²) in [7, 11) is -3.58. The van der Waals surface area contributed by atoms with Crippen LogP contribution in [-0.4, -0.2) is 50.5 Å². The van der Waals surface area contributed by atoms with Crippen molar-refractivity contribution in [3.63, 3.8) is 0 Å². The summed E-state index contributed by atoms with van der Waals surface area (Å²) in [6, 6.07) is 10.7. The van der Waals surface area contributed by atoms with Crippen molar-refractivity contribution in [3.05, 3.63) is 63.1 Å². The lowest BCUT2D eigenvalue weighted by Gasteiger charge is -2.30. The van der Waals surface area contributed by atoms with Crippen molar-refractivity contribution in [2.24, 2.45) is 0 Å². The average Bonchev–Trinajstić information content (AvgIpc) is 2.79. The number of carbonyl (C=O) groups is 2. The first-order chi connectivity index (χ1) is 16.5. The fraction of sp³-hybridized carbons (Fsp3) is 0.417. The first kappa shape index (κ1) is 29.2. The average molecular weight is 563 g/mol. The standard InChI is InChI=1S/C24H30Cl3N3O4S/c1-4-14-28-24(32)17(2)29(16-20-21(26)7-5-8-22(20)27)23(31)9-6-15-30(35(3,33)34)19-12-10-18(25)11-13-19/h5,7-8,10-13,17H,4,6,9,14-16H2,1-3H3,(H,28,32)/t17-/m0/s1. The van der Waals surface area contributed by atoms with Crippen LogP contribution in [0.15, 0.2) is 42.5 Å². The number of benzene rings is 2. The third kappa shape index (κ3) is 8.56. The van der Waals surface area contributed by atoms with Gasteiger partial charge < -0.3 is 10.2 Å². The van der Waals surface area contributed by atoms with Crippen LogP contribution >= 0.6 is 34.8 Å². The van der Waals surface area contributed by atoms with Crippen LogP contribution in [-0.2, 0) is 26.2 Å². The second kappa shape index (κ2) is 13.3. The molecule has 2 rings (SSSR count). The summed E-state index contributed by atoms with van der Waals surface area (Å²) in [5, 5.41) is 4.08. The van der Waals surface area contributed by atoms with Gasteiger partial charge >= 0.3 is 0 Å². The predicted octanol–water partition coefficient (Wildman–Crippen LogP) is 5.14. The van der Waals surface area contributed by atoms with E-state index in [4.69, 9.17) is 34.8 Å². The number of rotatable bonds is 12. The van der Waals surface area contributed by atoms with Gasteiger partial charge in [0.1, 0.15) is 6.04 Å². The van der Waals surface area contributed by atoms with Gasteiger partial charge in [0.2, 0.25) is 21.8 Å². The highest BCUT2D eigenvalue weighted by Gasteiger charge is 2.27. The zero-order valence-electron chi connectivity index (χ0n) is 19.9. The number of hydrogen-bond donors (Lipinski definition) is 1. The van der Waals surface area contributed by atoms with Gasteiger partial charge in [0, 0.05) is 46.7 Å². The Bertz CT molecular complexity index is 1110. The number of nitrogens with one attached hydrogen (secondary N) is 1. The molecule has 7 nitrogen and oxygen atoms in total. The molecule has 1 N–H and O–H groups in total. The van der Waals surface area contributed by atoms with Gasteiger partial charge in [0.15, 0.2) is 0 Å². The molecule has 0 spiro atoms. The normalized spacial score (nSPS) is 12.2. The molecular weight excluding hydrogens is 533 g/mol. The Balaban J connectivity index is 2.20. The molecule has 2 aromatic rings. The van der Waals surface area contributed by atoms with Gasteiger partial charge in [-0.3, -0.25) is 13.9 Å². The molecule has 0 aliphatic rings. The summed E-state index contributed by atoms with van der Waals surface area (Å²) in [6.45, 7) is 4.20. The highest BCUT2D eigenvalue weighted by Crippen LogP contribution is 2.27. The monoisotopic (exact) mass is 561 g/mol. The van der Waals surface area contributed by atoms with Crippen molar-refractivity contribution in [1.29, 1.82) is 0 Å². The van der Waals surface area contributed by atoms with Crippen LogP contribution in [0.1, 0.15) is 38.7 Å². The Morgan fingerprint density at radius 2 is 1.63 bits per heavy atom. The van der Waals surface area contributed by atoms with E-state index in [0.29, 0.717) is 32.9 Å². The number of carbonyl (C=O) groups excluding carboxylic acids is 2. The van der Waals surface area contributed by atoms with E-state index in [1.54, 1.807) is 49.4 Å². The Morgan fingerprint density at radius 1 is 1.03 bits per heavy atom. The molecular formula is C24H30Cl3N3O4S. The third-order valence-corrected chi connectivity index (χ3v) is 7.53. The minimum Gasteiger partial charge on any atom is -0.354 e. The molecule has 0 aliphatic carbocycles. The van der Waals surface area contributed by atoms with E-state index in [2.05, 4.69) is 5.32 Å². The molecule has 0 saturated carbocycles. The van der Waals surface area contributed by atoms with Crippen LogP contribution in [0.3, 0.4) is 0 Å². The van der Waals surface area contributed by atoms with Crippen molar-refractivity contribution in [2.75, 3.05) is 23.7 Å². The molecule has 0 aliphatic heterocycles. The maximum Gasteiger partial charge on any atom is 0.242 e. The van der Waals surface area contributed by atoms with Crippen LogP contribution in [0.4, 0.5) is 5.69 Å². The predicted molar refractivity (Wildman–Crippen MR) is 143 cm³/mol. The number of nitrogens with zero attached hydrogens (tertiary/aromatic N) is 2. The summed E-state index contributed by atoms with van der Waals surface area (Å²) < 4.78 is 25.9. The maximum absolute atomic E-state index is 13.3. The quantitative estimate of drug-likeness (QED) is 0.388. The van der Waals surface area contributed by atoms with E-state index in [0.717, 1.165) is 12.7 Å². The van der Waals surface area contributed by atoms with Gasteiger partial charge in [-0.15, -0.1) is 0 Å². The van der Waals surface area contributed by atoms with Crippen molar-refractivity contribution >= 4 is 62.3 Å². The SMILES string of the molecule is CCCNC(=O)[C@H](C)N(Cc1c(Cl)cccc1Cl)C(=O)CCCN(c1ccc(Cl)cc1)S(C)(=O)=O. The first-order valence-corrected chi connectivity index (χ1v) is 14.2. The summed E-state index contributed by atoms with van der Waals surface area (Å²) >= 11 is 18.5. The number of halogens is 3. The van der Waals surface area contributed by atoms with Crippen molar-refractivity contribution in [2.45, 2.75) is 45.7 Å². The number of amides is 2. The zero-order chi connectivity index (χ0) is 26.2. The second-order valence-corrected chi connectivity index (χ2v) is 11.3. The van der Waals surface area contributed by atoms with E-state index in [1.165, 1.54) is 9.21 Å². The Hall–Kier alpha value is -2.00. The zero-order valence-corrected chi connectivity index (χ0v) is 23.0. The molecule has 2 aromatic carbocycles. The summed E-state index contributed by atoms with van der Waals surface area (Å²) in [5.41, 5.74) is 0.995. The van der Waals surface area contributed by atoms with Gasteiger partial charge in [-0.2, -0.15) is 0 Å². The molecule has 0 radical (unpaired) electrons. The van der Waals surface area contributed by atoms with Gasteiger partial charge in [-0.1, -0.05) is 47.8 Å². The van der Waals surface area contributed by atoms with E-state index in [1.807, 2.05) is 6.92 Å². The Morgan fingerprint density at radius 3 is 2.17 bits per heavy atom. The van der Waals surface area contributed by atoms with Gasteiger partial charge in [-0.25, -0.2) is 8.42 Å². The summed E-state index contributed by atoms with van der Waals surface area (Å²) in [4.78, 5) is 27.4. The van der Waals surface area contributed by atoms with Crippen LogP contribution in [0.5, 0.6) is 0 Å². The lowest BCUT2D eigenvalue weighted by Crippen LogP contribution is -2.48. The third-order valence-electron chi connectivity index (χ3n) is 5.37. The molecule has 2 amide bonds. The van der Waals surface area contributed by atoms with E-state index < -0.39 is 16.1 Å². The minimum atomic E-state index is -3.58. The first-order valence-electron chi connectivity index (χ1n) is 11.2. The molecule has 0 heterocycles. The second-order valence-electron chi connectivity index (χ2n) is 8.10. The van der Waals surface area contributed by atoms with Gasteiger partial charge in [0.25, 0.3) is 0 Å². The Kier molecular flexibility index (Phi) is 11.1. The molecule has 35 heavy (non-hydrogen) atoms. The van der Waals surface area contributed by atoms with Crippen molar-refractivity contribution < 1.29 is 18.0 Å². The fourth-order valence-electron chi connectivity index (χ4n) is 3.44. The van der Waals surface area contributed by atoms with E-state index in [9.17, 15) is 18.0 Å². The topological polar surface area (TPSA) is 86.8 Å². The molecule has 11 heteroatoms. The highest BCUT2D eigenvalue weighted by atomic mass is 35.5. The van der Waals surface area contributed by atoms with Crippen LogP contribution < -0.4 is 9.62 Å². The molecule has 192 valence electrons. The fourth-order valence-corrected chi connectivity index (χ4v) is 5.05. The summed E-state index contributed by atoms with van der Waals surface area (Å²) in [6.07, 6.45) is 2.13. The number of sulfonamides is 1. The maximum atomic E-state index is 13.3. The molecule has 0 saturated heterocycles. The van der Waals surface area contributed by atoms with Crippen LogP contribution in [0.25, 0.3) is 0 Å².